The van der Waals surface area contributed by atoms with E-state index in [1.54, 1.807) is 31.2 Å². The summed E-state index contributed by atoms with van der Waals surface area (Å²) in [6, 6.07) is 6.48. The van der Waals surface area contributed by atoms with Crippen molar-refractivity contribution in [2.75, 3.05) is 18.5 Å². The second-order valence-electron chi connectivity index (χ2n) is 6.58. The number of hydrogen-bond acceptors (Lipinski definition) is 8. The van der Waals surface area contributed by atoms with Gasteiger partial charge in [-0.05, 0) is 32.0 Å². The van der Waals surface area contributed by atoms with Gasteiger partial charge in [-0.15, -0.1) is 0 Å². The fourth-order valence-corrected chi connectivity index (χ4v) is 2.66. The van der Waals surface area contributed by atoms with E-state index >= 15 is 0 Å². The number of nitrogens with zero attached hydrogens (tertiary/aromatic N) is 1. The lowest BCUT2D eigenvalue weighted by Gasteiger charge is -2.12. The molecule has 9 heteroatoms. The maximum Gasteiger partial charge on any atom is 0.307 e. The molecule has 0 spiro atoms. The molecule has 1 atom stereocenters. The number of anilines is 1. The van der Waals surface area contributed by atoms with E-state index in [-0.39, 0.29) is 24.4 Å². The highest BCUT2D eigenvalue weighted by Crippen LogP contribution is 2.30. The van der Waals surface area contributed by atoms with Crippen LogP contribution in [0.4, 0.5) is 5.82 Å². The third-order valence-corrected chi connectivity index (χ3v) is 4.18. The van der Waals surface area contributed by atoms with Crippen LogP contribution in [-0.2, 0) is 14.3 Å². The SMILES string of the molecule is Cc1cc(NC(=O)C(C)OC(=O)CCC(=O)c2ccc3c(c2)OCCCO3)no1. The van der Waals surface area contributed by atoms with Gasteiger partial charge in [0.05, 0.1) is 19.6 Å². The molecule has 1 aliphatic rings. The lowest BCUT2D eigenvalue weighted by Crippen LogP contribution is -2.30. The number of hydrogen-bond donors (Lipinski definition) is 1. The number of aromatic nitrogens is 1. The summed E-state index contributed by atoms with van der Waals surface area (Å²) in [4.78, 5) is 36.4. The van der Waals surface area contributed by atoms with Gasteiger partial charge in [-0.25, -0.2) is 0 Å². The number of carbonyl (C=O) groups is 3. The minimum absolute atomic E-state index is 0.0463. The standard InChI is InChI=1S/C20H22N2O7/c1-12-10-18(22-29-12)21-20(25)13(2)28-19(24)7-5-15(23)14-4-6-16-17(11-14)27-9-3-8-26-16/h4,6,10-11,13H,3,5,7-9H2,1-2H3,(H,21,22,25). The number of ether oxygens (including phenoxy) is 3. The molecule has 2 heterocycles. The van der Waals surface area contributed by atoms with Gasteiger partial charge in [-0.2, -0.15) is 0 Å². The minimum Gasteiger partial charge on any atom is -0.490 e. The van der Waals surface area contributed by atoms with E-state index in [1.807, 2.05) is 0 Å². The Morgan fingerprint density at radius 2 is 1.90 bits per heavy atom. The van der Waals surface area contributed by atoms with Crippen LogP contribution in [0.1, 0.15) is 42.3 Å². The third-order valence-electron chi connectivity index (χ3n) is 4.18. The number of ketones is 1. The van der Waals surface area contributed by atoms with Crippen LogP contribution in [0, 0.1) is 6.92 Å². The second-order valence-corrected chi connectivity index (χ2v) is 6.58. The number of esters is 1. The predicted octanol–water partition coefficient (Wildman–Crippen LogP) is 2.68. The molecule has 9 nitrogen and oxygen atoms in total. The zero-order valence-corrected chi connectivity index (χ0v) is 16.2. The molecule has 0 radical (unpaired) electrons. The van der Waals surface area contributed by atoms with Gasteiger partial charge < -0.3 is 24.1 Å². The molecule has 29 heavy (non-hydrogen) atoms. The Morgan fingerprint density at radius 3 is 2.62 bits per heavy atom. The first-order valence-electron chi connectivity index (χ1n) is 9.29. The molecular formula is C20H22N2O7. The summed E-state index contributed by atoms with van der Waals surface area (Å²) in [5, 5.41) is 6.11. The maximum absolute atomic E-state index is 12.4. The number of rotatable bonds is 7. The van der Waals surface area contributed by atoms with Crippen molar-refractivity contribution in [1.82, 2.24) is 5.16 Å². The summed E-state index contributed by atoms with van der Waals surface area (Å²) in [7, 11) is 0. The van der Waals surface area contributed by atoms with Crippen LogP contribution in [0.15, 0.2) is 28.8 Å². The molecule has 1 unspecified atom stereocenters. The Balaban J connectivity index is 1.47. The highest BCUT2D eigenvalue weighted by atomic mass is 16.5. The van der Waals surface area contributed by atoms with Gasteiger partial charge in [-0.3, -0.25) is 14.4 Å². The molecule has 1 aromatic heterocycles. The van der Waals surface area contributed by atoms with Gasteiger partial charge in [0.2, 0.25) is 0 Å². The van der Waals surface area contributed by atoms with Crippen LogP contribution in [0.5, 0.6) is 11.5 Å². The van der Waals surface area contributed by atoms with Crippen molar-refractivity contribution >= 4 is 23.5 Å². The van der Waals surface area contributed by atoms with Crippen LogP contribution < -0.4 is 14.8 Å². The molecule has 1 amide bonds. The fraction of sp³-hybridized carbons (Fsp3) is 0.400. The number of nitrogens with one attached hydrogen (secondary N) is 1. The first-order chi connectivity index (χ1) is 13.9. The average Bonchev–Trinajstić information content (AvgIpc) is 2.96. The van der Waals surface area contributed by atoms with Crippen LogP contribution >= 0.6 is 0 Å². The van der Waals surface area contributed by atoms with Gasteiger partial charge in [0.15, 0.2) is 29.2 Å². The number of Topliss-reactive ketones (excluding diaryl/α,β-unsaturated/α-hetero) is 1. The van der Waals surface area contributed by atoms with Crippen molar-refractivity contribution in [3.8, 4) is 11.5 Å². The van der Waals surface area contributed by atoms with Crippen molar-refractivity contribution in [3.05, 3.63) is 35.6 Å². The third kappa shape index (κ3) is 5.56. The lowest BCUT2D eigenvalue weighted by molar-refractivity contribution is -0.153. The van der Waals surface area contributed by atoms with E-state index in [2.05, 4.69) is 10.5 Å². The average molecular weight is 402 g/mol. The summed E-state index contributed by atoms with van der Waals surface area (Å²) < 4.78 is 21.0. The van der Waals surface area contributed by atoms with Crippen molar-refractivity contribution in [1.29, 1.82) is 0 Å². The molecule has 2 aromatic rings. The summed E-state index contributed by atoms with van der Waals surface area (Å²) in [6.07, 6.45) is -0.456. The fourth-order valence-electron chi connectivity index (χ4n) is 2.66. The Labute approximate surface area is 167 Å². The predicted molar refractivity (Wildman–Crippen MR) is 101 cm³/mol. The number of benzene rings is 1. The number of carbonyl (C=O) groups excluding carboxylic acids is 3. The van der Waals surface area contributed by atoms with Crippen LogP contribution in [0.25, 0.3) is 0 Å². The maximum atomic E-state index is 12.4. The zero-order valence-electron chi connectivity index (χ0n) is 16.2. The van der Waals surface area contributed by atoms with E-state index in [4.69, 9.17) is 18.7 Å². The quantitative estimate of drug-likeness (QED) is 0.555. The molecule has 1 aliphatic heterocycles. The number of aryl methyl sites for hydroxylation is 1. The summed E-state index contributed by atoms with van der Waals surface area (Å²) in [5.41, 5.74) is 0.425. The molecule has 0 saturated heterocycles. The van der Waals surface area contributed by atoms with E-state index in [9.17, 15) is 14.4 Å². The van der Waals surface area contributed by atoms with Crippen molar-refractivity contribution in [2.45, 2.75) is 39.2 Å². The van der Waals surface area contributed by atoms with Crippen LogP contribution in [0.3, 0.4) is 0 Å². The summed E-state index contributed by atoms with van der Waals surface area (Å²) in [6.45, 7) is 4.21. The van der Waals surface area contributed by atoms with Gasteiger partial charge in [0.25, 0.3) is 5.91 Å². The smallest absolute Gasteiger partial charge is 0.307 e. The Bertz CT molecular complexity index is 906. The molecule has 154 valence electrons. The normalized spacial score (nSPS) is 13.9. The number of fused-ring (bicyclic) bond motifs is 1. The van der Waals surface area contributed by atoms with Crippen LogP contribution in [0.2, 0.25) is 0 Å². The monoisotopic (exact) mass is 402 g/mol. The molecular weight excluding hydrogens is 380 g/mol. The lowest BCUT2D eigenvalue weighted by atomic mass is 10.1. The second kappa shape index (κ2) is 9.22. The number of amides is 1. The molecule has 0 fully saturated rings. The van der Waals surface area contributed by atoms with Gasteiger partial charge in [-0.1, -0.05) is 5.16 Å². The molecule has 0 aliphatic carbocycles. The van der Waals surface area contributed by atoms with Gasteiger partial charge >= 0.3 is 5.97 Å². The molecule has 0 saturated carbocycles. The van der Waals surface area contributed by atoms with Crippen LogP contribution in [-0.4, -0.2) is 42.1 Å². The van der Waals surface area contributed by atoms with E-state index in [0.29, 0.717) is 36.0 Å². The Kier molecular flexibility index (Phi) is 6.48. The molecule has 0 bridgehead atoms. The van der Waals surface area contributed by atoms with Crippen molar-refractivity contribution in [3.63, 3.8) is 0 Å². The van der Waals surface area contributed by atoms with Crippen molar-refractivity contribution in [2.24, 2.45) is 0 Å². The first-order valence-corrected chi connectivity index (χ1v) is 9.29. The minimum atomic E-state index is -1.03. The summed E-state index contributed by atoms with van der Waals surface area (Å²) >= 11 is 0. The highest BCUT2D eigenvalue weighted by molar-refractivity contribution is 5.98. The van der Waals surface area contributed by atoms with Gasteiger partial charge in [0.1, 0.15) is 5.76 Å². The highest BCUT2D eigenvalue weighted by Gasteiger charge is 2.20. The Hall–Kier alpha value is -3.36. The van der Waals surface area contributed by atoms with Crippen molar-refractivity contribution < 1.29 is 33.1 Å². The summed E-state index contributed by atoms with van der Waals surface area (Å²) in [5.74, 6) is 0.475. The van der Waals surface area contributed by atoms with Gasteiger partial charge in [0, 0.05) is 24.5 Å². The molecule has 1 N–H and O–H groups in total. The zero-order chi connectivity index (χ0) is 20.8. The van der Waals surface area contributed by atoms with E-state index in [1.165, 1.54) is 6.92 Å². The largest absolute Gasteiger partial charge is 0.490 e. The topological polar surface area (TPSA) is 117 Å². The Morgan fingerprint density at radius 1 is 1.14 bits per heavy atom. The van der Waals surface area contributed by atoms with E-state index < -0.39 is 18.0 Å². The first kappa shape index (κ1) is 20.4. The van der Waals surface area contributed by atoms with E-state index in [0.717, 1.165) is 6.42 Å². The molecule has 1 aromatic carbocycles. The molecule has 3 rings (SSSR count).